The Kier molecular flexibility index (Phi) is 6.50. The fraction of sp³-hybridized carbons (Fsp3) is 0.320. The van der Waals surface area contributed by atoms with Crippen LogP contribution in [0.5, 0.6) is 5.75 Å². The van der Waals surface area contributed by atoms with Crippen LogP contribution in [0, 0.1) is 5.41 Å². The van der Waals surface area contributed by atoms with Crippen molar-refractivity contribution in [3.05, 3.63) is 76.5 Å². The van der Waals surface area contributed by atoms with Crippen LogP contribution in [0.4, 0.5) is 0 Å². The lowest BCUT2D eigenvalue weighted by Crippen LogP contribution is -2.45. The maximum Gasteiger partial charge on any atom is 0.227 e. The molecular formula is C25H27NO3S. The molecule has 1 N–H and O–H groups in total. The Morgan fingerprint density at radius 1 is 1.07 bits per heavy atom. The van der Waals surface area contributed by atoms with Crippen LogP contribution in [0.15, 0.2) is 66.0 Å². The number of carbonyl (C=O) groups excluding carboxylic acids is 1. The average molecular weight is 422 g/mol. The third-order valence-electron chi connectivity index (χ3n) is 5.88. The van der Waals surface area contributed by atoms with Gasteiger partial charge >= 0.3 is 0 Å². The Labute approximate surface area is 181 Å². The second-order valence-corrected chi connectivity index (χ2v) is 8.75. The molecule has 2 heterocycles. The molecule has 1 fully saturated rings. The van der Waals surface area contributed by atoms with E-state index < -0.39 is 5.41 Å². The lowest BCUT2D eigenvalue weighted by atomic mass is 9.73. The molecule has 3 aromatic rings. The number of carbonyl (C=O) groups is 1. The molecule has 1 amide bonds. The van der Waals surface area contributed by atoms with Gasteiger partial charge in [0.25, 0.3) is 0 Å². The van der Waals surface area contributed by atoms with Crippen molar-refractivity contribution in [3.63, 3.8) is 0 Å². The zero-order chi connectivity index (χ0) is 20.8. The number of hydrogen-bond acceptors (Lipinski definition) is 4. The molecule has 0 radical (unpaired) electrons. The van der Waals surface area contributed by atoms with E-state index in [1.807, 2.05) is 23.6 Å². The topological polar surface area (TPSA) is 47.6 Å². The van der Waals surface area contributed by atoms with Crippen molar-refractivity contribution in [1.82, 2.24) is 5.32 Å². The number of thiophene rings is 1. The van der Waals surface area contributed by atoms with Gasteiger partial charge in [-0.05, 0) is 59.5 Å². The van der Waals surface area contributed by atoms with Crippen LogP contribution in [0.3, 0.4) is 0 Å². The standard InChI is InChI=1S/C25H27NO3S/c1-28-21-10-8-19(9-11-21)23-7-3-2-5-20(23)17-25(12-14-29-15-13-25)24(27)26-18-22-6-4-16-30-22/h2-11,16H,12-15,17-18H2,1H3,(H,26,27). The highest BCUT2D eigenvalue weighted by Crippen LogP contribution is 2.38. The molecule has 0 unspecified atom stereocenters. The zero-order valence-electron chi connectivity index (χ0n) is 17.2. The Balaban J connectivity index is 1.59. The summed E-state index contributed by atoms with van der Waals surface area (Å²) in [5, 5.41) is 5.23. The molecule has 1 aliphatic rings. The van der Waals surface area contributed by atoms with Crippen molar-refractivity contribution < 1.29 is 14.3 Å². The smallest absolute Gasteiger partial charge is 0.227 e. The van der Waals surface area contributed by atoms with E-state index in [2.05, 4.69) is 47.8 Å². The number of amides is 1. The summed E-state index contributed by atoms with van der Waals surface area (Å²) >= 11 is 1.67. The zero-order valence-corrected chi connectivity index (χ0v) is 18.0. The van der Waals surface area contributed by atoms with E-state index in [4.69, 9.17) is 9.47 Å². The maximum absolute atomic E-state index is 13.4. The van der Waals surface area contributed by atoms with Gasteiger partial charge in [-0.15, -0.1) is 11.3 Å². The van der Waals surface area contributed by atoms with Crippen molar-refractivity contribution in [2.24, 2.45) is 5.41 Å². The van der Waals surface area contributed by atoms with Gasteiger partial charge < -0.3 is 14.8 Å². The fourth-order valence-corrected chi connectivity index (χ4v) is 4.75. The highest BCUT2D eigenvalue weighted by Gasteiger charge is 2.40. The van der Waals surface area contributed by atoms with Crippen molar-refractivity contribution in [3.8, 4) is 16.9 Å². The molecule has 0 atom stereocenters. The van der Waals surface area contributed by atoms with Gasteiger partial charge in [-0.2, -0.15) is 0 Å². The molecule has 1 aliphatic heterocycles. The summed E-state index contributed by atoms with van der Waals surface area (Å²) in [7, 11) is 1.67. The Morgan fingerprint density at radius 2 is 1.83 bits per heavy atom. The van der Waals surface area contributed by atoms with Crippen LogP contribution >= 0.6 is 11.3 Å². The van der Waals surface area contributed by atoms with Gasteiger partial charge in [0.1, 0.15) is 5.75 Å². The van der Waals surface area contributed by atoms with Crippen molar-refractivity contribution >= 4 is 17.2 Å². The Morgan fingerprint density at radius 3 is 2.53 bits per heavy atom. The van der Waals surface area contributed by atoms with Crippen LogP contribution < -0.4 is 10.1 Å². The van der Waals surface area contributed by atoms with Gasteiger partial charge in [0.05, 0.1) is 19.1 Å². The lowest BCUT2D eigenvalue weighted by molar-refractivity contribution is -0.136. The second kappa shape index (κ2) is 9.45. The van der Waals surface area contributed by atoms with Crippen LogP contribution in [0.25, 0.3) is 11.1 Å². The van der Waals surface area contributed by atoms with E-state index in [1.165, 1.54) is 10.4 Å². The van der Waals surface area contributed by atoms with E-state index in [-0.39, 0.29) is 5.91 Å². The molecule has 1 saturated heterocycles. The van der Waals surface area contributed by atoms with E-state index in [0.717, 1.165) is 29.7 Å². The molecule has 0 spiro atoms. The second-order valence-electron chi connectivity index (χ2n) is 7.72. The summed E-state index contributed by atoms with van der Waals surface area (Å²) in [4.78, 5) is 14.5. The number of benzene rings is 2. The summed E-state index contributed by atoms with van der Waals surface area (Å²) in [6.07, 6.45) is 2.18. The molecule has 1 aromatic heterocycles. The van der Waals surface area contributed by atoms with Crippen molar-refractivity contribution in [2.75, 3.05) is 20.3 Å². The Hall–Kier alpha value is -2.63. The highest BCUT2D eigenvalue weighted by molar-refractivity contribution is 7.09. The first kappa shape index (κ1) is 20.6. The summed E-state index contributed by atoms with van der Waals surface area (Å²) in [6.45, 7) is 1.83. The minimum absolute atomic E-state index is 0.128. The van der Waals surface area contributed by atoms with E-state index in [0.29, 0.717) is 26.2 Å². The number of nitrogens with one attached hydrogen (secondary N) is 1. The predicted molar refractivity (Wildman–Crippen MR) is 121 cm³/mol. The summed E-state index contributed by atoms with van der Waals surface area (Å²) < 4.78 is 10.9. The number of rotatable bonds is 7. The third kappa shape index (κ3) is 4.58. The van der Waals surface area contributed by atoms with Gasteiger partial charge in [-0.1, -0.05) is 42.5 Å². The van der Waals surface area contributed by atoms with Gasteiger partial charge in [0.15, 0.2) is 0 Å². The maximum atomic E-state index is 13.4. The SMILES string of the molecule is COc1ccc(-c2ccccc2CC2(C(=O)NCc3cccs3)CCOCC2)cc1. The van der Waals surface area contributed by atoms with Gasteiger partial charge in [-0.3, -0.25) is 4.79 Å². The molecule has 5 heteroatoms. The van der Waals surface area contributed by atoms with Gasteiger partial charge in [0, 0.05) is 18.1 Å². The first-order chi connectivity index (χ1) is 14.7. The quantitative estimate of drug-likeness (QED) is 0.579. The molecular weight excluding hydrogens is 394 g/mol. The van der Waals surface area contributed by atoms with Crippen LogP contribution in [-0.2, 0) is 22.5 Å². The van der Waals surface area contributed by atoms with Crippen molar-refractivity contribution in [2.45, 2.75) is 25.8 Å². The summed E-state index contributed by atoms with van der Waals surface area (Å²) in [5.74, 6) is 0.966. The molecule has 4 nitrogen and oxygen atoms in total. The number of methoxy groups -OCH3 is 1. The third-order valence-corrected chi connectivity index (χ3v) is 6.76. The fourth-order valence-electron chi connectivity index (χ4n) is 4.11. The van der Waals surface area contributed by atoms with E-state index in [1.54, 1.807) is 18.4 Å². The first-order valence-electron chi connectivity index (χ1n) is 10.3. The molecule has 156 valence electrons. The number of hydrogen-bond donors (Lipinski definition) is 1. The summed E-state index contributed by atoms with van der Waals surface area (Å²) in [6, 6.07) is 20.6. The molecule has 0 aliphatic carbocycles. The molecule has 2 aromatic carbocycles. The minimum Gasteiger partial charge on any atom is -0.497 e. The summed E-state index contributed by atoms with van der Waals surface area (Å²) in [5.41, 5.74) is 3.04. The van der Waals surface area contributed by atoms with E-state index in [9.17, 15) is 4.79 Å². The number of ether oxygens (including phenoxy) is 2. The van der Waals surface area contributed by atoms with Crippen LogP contribution in [-0.4, -0.2) is 26.2 Å². The molecule has 0 saturated carbocycles. The molecule has 30 heavy (non-hydrogen) atoms. The van der Waals surface area contributed by atoms with Crippen molar-refractivity contribution in [1.29, 1.82) is 0 Å². The predicted octanol–water partition coefficient (Wildman–Crippen LogP) is 5.08. The highest BCUT2D eigenvalue weighted by atomic mass is 32.1. The lowest BCUT2D eigenvalue weighted by Gasteiger charge is -2.36. The average Bonchev–Trinajstić information content (AvgIpc) is 3.32. The minimum atomic E-state index is -0.446. The molecule has 0 bridgehead atoms. The monoisotopic (exact) mass is 421 g/mol. The van der Waals surface area contributed by atoms with E-state index >= 15 is 0 Å². The largest absolute Gasteiger partial charge is 0.497 e. The van der Waals surface area contributed by atoms with Crippen LogP contribution in [0.2, 0.25) is 0 Å². The molecule has 4 rings (SSSR count). The van der Waals surface area contributed by atoms with Gasteiger partial charge in [-0.25, -0.2) is 0 Å². The van der Waals surface area contributed by atoms with Crippen LogP contribution in [0.1, 0.15) is 23.3 Å². The first-order valence-corrected chi connectivity index (χ1v) is 11.2. The normalized spacial score (nSPS) is 15.5. The van der Waals surface area contributed by atoms with Gasteiger partial charge in [0.2, 0.25) is 5.91 Å². The Bertz CT molecular complexity index is 960.